The number of hydrogen-bond donors (Lipinski definition) is 0. The van der Waals surface area contributed by atoms with Crippen molar-refractivity contribution in [3.63, 3.8) is 0 Å². The summed E-state index contributed by atoms with van der Waals surface area (Å²) in [7, 11) is 0. The molecule has 25 heavy (non-hydrogen) atoms. The number of benzene rings is 1. The molecule has 2 aromatic heterocycles. The molecule has 6 nitrogen and oxygen atoms in total. The molecule has 0 radical (unpaired) electrons. The number of thioether (sulfide) groups is 1. The first-order chi connectivity index (χ1) is 12.0. The summed E-state index contributed by atoms with van der Waals surface area (Å²) in [6.07, 6.45) is 0. The van der Waals surface area contributed by atoms with Gasteiger partial charge in [-0.15, -0.1) is 5.10 Å². The maximum absolute atomic E-state index is 12.6. The minimum absolute atomic E-state index is 0.0350. The highest BCUT2D eigenvalue weighted by atomic mass is 32.2. The Labute approximate surface area is 150 Å². The summed E-state index contributed by atoms with van der Waals surface area (Å²) in [5, 5.41) is 4.70. The van der Waals surface area contributed by atoms with Crippen molar-refractivity contribution in [1.82, 2.24) is 19.6 Å². The summed E-state index contributed by atoms with van der Waals surface area (Å²) in [5.41, 5.74) is 2.51. The lowest BCUT2D eigenvalue weighted by Crippen LogP contribution is -2.13. The first kappa shape index (κ1) is 17.4. The molecule has 0 aliphatic heterocycles. The fraction of sp³-hybridized carbons (Fsp3) is 0.333. The second-order valence-electron chi connectivity index (χ2n) is 5.73. The van der Waals surface area contributed by atoms with Gasteiger partial charge in [0.25, 0.3) is 5.78 Å². The van der Waals surface area contributed by atoms with E-state index in [2.05, 4.69) is 15.1 Å². The average Bonchev–Trinajstić information content (AvgIpc) is 2.98. The van der Waals surface area contributed by atoms with E-state index in [9.17, 15) is 4.79 Å². The van der Waals surface area contributed by atoms with Gasteiger partial charge in [-0.2, -0.15) is 4.98 Å². The summed E-state index contributed by atoms with van der Waals surface area (Å²) in [6, 6.07) is 9.15. The summed E-state index contributed by atoms with van der Waals surface area (Å²) < 4.78 is 7.10. The maximum atomic E-state index is 12.6. The van der Waals surface area contributed by atoms with Crippen LogP contribution in [0.4, 0.5) is 0 Å². The number of carbonyl (C=O) groups excluding carboxylic acids is 1. The number of ether oxygens (including phenoxy) is 1. The van der Waals surface area contributed by atoms with E-state index in [1.807, 2.05) is 45.9 Å². The molecule has 0 amide bonds. The Balaban J connectivity index is 1.76. The normalized spacial score (nSPS) is 12.3. The van der Waals surface area contributed by atoms with Gasteiger partial charge < -0.3 is 4.74 Å². The molecule has 1 aromatic carbocycles. The van der Waals surface area contributed by atoms with E-state index in [0.29, 0.717) is 23.1 Å². The monoisotopic (exact) mass is 356 g/mol. The molecule has 0 N–H and O–H groups in total. The lowest BCUT2D eigenvalue weighted by Gasteiger charge is -2.08. The number of nitrogens with zero attached hydrogens (tertiary/aromatic N) is 4. The van der Waals surface area contributed by atoms with Crippen molar-refractivity contribution in [2.45, 2.75) is 38.1 Å². The molecule has 130 valence electrons. The van der Waals surface area contributed by atoms with Crippen molar-refractivity contribution >= 4 is 23.3 Å². The van der Waals surface area contributed by atoms with Crippen molar-refractivity contribution in [3.8, 4) is 5.75 Å². The van der Waals surface area contributed by atoms with Gasteiger partial charge in [-0.3, -0.25) is 4.79 Å². The van der Waals surface area contributed by atoms with Gasteiger partial charge in [0.15, 0.2) is 5.78 Å². The Morgan fingerprint density at radius 3 is 2.64 bits per heavy atom. The summed E-state index contributed by atoms with van der Waals surface area (Å²) in [5.74, 6) is 1.35. The quantitative estimate of drug-likeness (QED) is 0.497. The highest BCUT2D eigenvalue weighted by molar-refractivity contribution is 8.00. The molecule has 2 heterocycles. The standard InChI is InChI=1S/C18H20N4O2S/c1-5-24-15-8-6-14(7-9-15)16(23)13(4)25-18-20-17-19-11(2)10-12(3)22(17)21-18/h6-10,13H,5H2,1-4H3/t13-/m0/s1. The molecule has 3 aromatic rings. The van der Waals surface area contributed by atoms with Gasteiger partial charge in [0, 0.05) is 17.0 Å². The Hall–Kier alpha value is -2.41. The first-order valence-corrected chi connectivity index (χ1v) is 9.00. The first-order valence-electron chi connectivity index (χ1n) is 8.12. The van der Waals surface area contributed by atoms with Gasteiger partial charge >= 0.3 is 0 Å². The minimum Gasteiger partial charge on any atom is -0.494 e. The number of hydrogen-bond acceptors (Lipinski definition) is 6. The molecule has 3 rings (SSSR count). The van der Waals surface area contributed by atoms with Crippen molar-refractivity contribution in [3.05, 3.63) is 47.3 Å². The van der Waals surface area contributed by atoms with Gasteiger partial charge in [-0.05, 0) is 58.0 Å². The maximum Gasteiger partial charge on any atom is 0.253 e. The number of rotatable bonds is 6. The van der Waals surface area contributed by atoms with Crippen LogP contribution in [0.1, 0.15) is 35.6 Å². The van der Waals surface area contributed by atoms with Crippen LogP contribution < -0.4 is 4.74 Å². The van der Waals surface area contributed by atoms with Crippen LogP contribution in [0.15, 0.2) is 35.5 Å². The van der Waals surface area contributed by atoms with Crippen LogP contribution in [-0.4, -0.2) is 37.2 Å². The highest BCUT2D eigenvalue weighted by Crippen LogP contribution is 2.24. The molecule has 7 heteroatoms. The summed E-state index contributed by atoms with van der Waals surface area (Å²) in [4.78, 5) is 21.4. The largest absolute Gasteiger partial charge is 0.494 e. The number of carbonyl (C=O) groups is 1. The van der Waals surface area contributed by atoms with Crippen LogP contribution in [0.3, 0.4) is 0 Å². The fourth-order valence-electron chi connectivity index (χ4n) is 2.53. The van der Waals surface area contributed by atoms with Gasteiger partial charge in [0.1, 0.15) is 5.75 Å². The third-order valence-corrected chi connectivity index (χ3v) is 4.65. The topological polar surface area (TPSA) is 69.4 Å². The minimum atomic E-state index is -0.295. The molecule has 0 unspecified atom stereocenters. The van der Waals surface area contributed by atoms with Crippen LogP contribution in [0.2, 0.25) is 0 Å². The van der Waals surface area contributed by atoms with Crippen LogP contribution >= 0.6 is 11.8 Å². The molecule has 0 bridgehead atoms. The van der Waals surface area contributed by atoms with E-state index in [1.165, 1.54) is 11.8 Å². The molecule has 0 spiro atoms. The zero-order chi connectivity index (χ0) is 18.0. The Bertz CT molecular complexity index is 905. The van der Waals surface area contributed by atoms with E-state index >= 15 is 0 Å². The van der Waals surface area contributed by atoms with Crippen LogP contribution in [-0.2, 0) is 0 Å². The average molecular weight is 356 g/mol. The SMILES string of the molecule is CCOc1ccc(C(=O)[C@H](C)Sc2nc3nc(C)cc(C)n3n2)cc1. The fourth-order valence-corrected chi connectivity index (χ4v) is 3.35. The number of aromatic nitrogens is 4. The van der Waals surface area contributed by atoms with E-state index < -0.39 is 0 Å². The van der Waals surface area contributed by atoms with Gasteiger partial charge in [0.2, 0.25) is 5.16 Å². The second kappa shape index (κ2) is 7.23. The van der Waals surface area contributed by atoms with Crippen LogP contribution in [0.5, 0.6) is 5.75 Å². The predicted octanol–water partition coefficient (Wildman–Crippen LogP) is 3.50. The molecular weight excluding hydrogens is 336 g/mol. The lowest BCUT2D eigenvalue weighted by atomic mass is 10.1. The molecule has 0 aliphatic rings. The molecular formula is C18H20N4O2S. The van der Waals surface area contributed by atoms with Crippen molar-refractivity contribution < 1.29 is 9.53 Å². The Morgan fingerprint density at radius 1 is 1.24 bits per heavy atom. The Kier molecular flexibility index (Phi) is 5.03. The second-order valence-corrected chi connectivity index (χ2v) is 7.03. The van der Waals surface area contributed by atoms with Gasteiger partial charge in [-0.1, -0.05) is 11.8 Å². The number of fused-ring (bicyclic) bond motifs is 1. The van der Waals surface area contributed by atoms with Gasteiger partial charge in [-0.25, -0.2) is 9.50 Å². The summed E-state index contributed by atoms with van der Waals surface area (Å²) >= 11 is 1.34. The van der Waals surface area contributed by atoms with Crippen molar-refractivity contribution in [2.24, 2.45) is 0 Å². The molecule has 0 fully saturated rings. The lowest BCUT2D eigenvalue weighted by molar-refractivity contribution is 0.0994. The number of ketones is 1. The zero-order valence-electron chi connectivity index (χ0n) is 14.7. The van der Waals surface area contributed by atoms with Crippen LogP contribution in [0.25, 0.3) is 5.78 Å². The Morgan fingerprint density at radius 2 is 1.96 bits per heavy atom. The van der Waals surface area contributed by atoms with E-state index in [1.54, 1.807) is 16.6 Å². The molecule has 0 aliphatic carbocycles. The number of Topliss-reactive ketones (excluding diaryl/α,β-unsaturated/α-hetero) is 1. The molecule has 0 saturated heterocycles. The van der Waals surface area contributed by atoms with E-state index in [-0.39, 0.29) is 11.0 Å². The smallest absolute Gasteiger partial charge is 0.253 e. The van der Waals surface area contributed by atoms with E-state index in [4.69, 9.17) is 4.74 Å². The van der Waals surface area contributed by atoms with Crippen LogP contribution in [0, 0.1) is 13.8 Å². The predicted molar refractivity (Wildman–Crippen MR) is 97.5 cm³/mol. The van der Waals surface area contributed by atoms with E-state index in [0.717, 1.165) is 17.1 Å². The van der Waals surface area contributed by atoms with Gasteiger partial charge in [0.05, 0.1) is 11.9 Å². The van der Waals surface area contributed by atoms with Crippen molar-refractivity contribution in [1.29, 1.82) is 0 Å². The summed E-state index contributed by atoms with van der Waals surface area (Å²) in [6.45, 7) is 8.27. The molecule has 0 saturated carbocycles. The number of aryl methyl sites for hydroxylation is 2. The third kappa shape index (κ3) is 3.82. The molecule has 1 atom stereocenters. The zero-order valence-corrected chi connectivity index (χ0v) is 15.5. The third-order valence-electron chi connectivity index (χ3n) is 3.70. The highest BCUT2D eigenvalue weighted by Gasteiger charge is 2.19. The van der Waals surface area contributed by atoms with Crippen molar-refractivity contribution in [2.75, 3.05) is 6.61 Å².